The molecule has 1 aliphatic rings. The molecule has 0 aliphatic carbocycles. The maximum atomic E-state index is 12.6. The summed E-state index contributed by atoms with van der Waals surface area (Å²) in [6, 6.07) is 15.5. The number of hydrogen-bond donors (Lipinski definition) is 1. The van der Waals surface area contributed by atoms with E-state index in [1.54, 1.807) is 11.3 Å². The lowest BCUT2D eigenvalue weighted by Gasteiger charge is -2.29. The van der Waals surface area contributed by atoms with Gasteiger partial charge in [0.2, 0.25) is 11.0 Å². The largest absolute Gasteiger partial charge is 0.482 e. The highest BCUT2D eigenvalue weighted by molar-refractivity contribution is 7.15. The van der Waals surface area contributed by atoms with E-state index in [4.69, 9.17) is 9.72 Å². The van der Waals surface area contributed by atoms with E-state index >= 15 is 0 Å². The maximum Gasteiger partial charge on any atom is 0.265 e. The van der Waals surface area contributed by atoms with E-state index in [1.807, 2.05) is 60.8 Å². The molecule has 2 aromatic heterocycles. The van der Waals surface area contributed by atoms with E-state index in [0.717, 1.165) is 33.3 Å². The van der Waals surface area contributed by atoms with Gasteiger partial charge in [0, 0.05) is 16.5 Å². The Morgan fingerprint density at radius 3 is 2.79 bits per heavy atom. The van der Waals surface area contributed by atoms with Crippen LogP contribution in [0.5, 0.6) is 5.75 Å². The van der Waals surface area contributed by atoms with Gasteiger partial charge in [0.25, 0.3) is 5.91 Å². The van der Waals surface area contributed by atoms with Crippen molar-refractivity contribution >= 4 is 45.3 Å². The van der Waals surface area contributed by atoms with Crippen molar-refractivity contribution < 1.29 is 14.3 Å². The van der Waals surface area contributed by atoms with E-state index in [0.29, 0.717) is 16.6 Å². The first-order valence-corrected chi connectivity index (χ1v) is 12.0. The summed E-state index contributed by atoms with van der Waals surface area (Å²) < 4.78 is 5.59. The molecule has 1 aliphatic heterocycles. The SMILES string of the molecule is CCc1nnc(NC(=O)CN2C(=O)COc3ccc(-c4csc(-c5ccccc5)n4)cc32)s1. The maximum absolute atomic E-state index is 12.6. The van der Waals surface area contributed by atoms with E-state index in [9.17, 15) is 9.59 Å². The number of thiazole rings is 1. The highest BCUT2D eigenvalue weighted by atomic mass is 32.1. The summed E-state index contributed by atoms with van der Waals surface area (Å²) in [5.74, 6) is -0.0844. The minimum absolute atomic E-state index is 0.118. The quantitative estimate of drug-likeness (QED) is 0.446. The number of carbonyl (C=O) groups is 2. The fourth-order valence-corrected chi connectivity index (χ4v) is 4.93. The van der Waals surface area contributed by atoms with Crippen LogP contribution in [-0.2, 0) is 16.0 Å². The summed E-state index contributed by atoms with van der Waals surface area (Å²) in [5.41, 5.74) is 3.23. The van der Waals surface area contributed by atoms with Crippen molar-refractivity contribution in [3.05, 3.63) is 58.9 Å². The number of anilines is 2. The first-order chi connectivity index (χ1) is 16.1. The molecule has 10 heteroatoms. The minimum Gasteiger partial charge on any atom is -0.482 e. The summed E-state index contributed by atoms with van der Waals surface area (Å²) in [5, 5.41) is 14.8. The zero-order chi connectivity index (χ0) is 22.8. The zero-order valence-electron chi connectivity index (χ0n) is 17.6. The van der Waals surface area contributed by atoms with Gasteiger partial charge in [-0.1, -0.05) is 48.6 Å². The third kappa shape index (κ3) is 4.48. The van der Waals surface area contributed by atoms with E-state index in [-0.39, 0.29) is 25.0 Å². The van der Waals surface area contributed by atoms with Gasteiger partial charge in [-0.25, -0.2) is 4.98 Å². The zero-order valence-corrected chi connectivity index (χ0v) is 19.3. The average molecular weight is 478 g/mol. The molecule has 5 rings (SSSR count). The fraction of sp³-hybridized carbons (Fsp3) is 0.174. The van der Waals surface area contributed by atoms with Crippen molar-refractivity contribution in [2.24, 2.45) is 0 Å². The third-order valence-electron chi connectivity index (χ3n) is 5.04. The van der Waals surface area contributed by atoms with Crippen LogP contribution in [-0.4, -0.2) is 40.1 Å². The number of hydrogen-bond acceptors (Lipinski definition) is 8. The van der Waals surface area contributed by atoms with Gasteiger partial charge in [-0.2, -0.15) is 0 Å². The van der Waals surface area contributed by atoms with Gasteiger partial charge in [0.1, 0.15) is 22.3 Å². The molecular weight excluding hydrogens is 458 g/mol. The first kappa shape index (κ1) is 21.2. The lowest BCUT2D eigenvalue weighted by Crippen LogP contribution is -2.43. The molecule has 0 unspecified atom stereocenters. The first-order valence-electron chi connectivity index (χ1n) is 10.3. The number of fused-ring (bicyclic) bond motifs is 1. The normalized spacial score (nSPS) is 12.9. The molecule has 0 saturated heterocycles. The van der Waals surface area contributed by atoms with Crippen molar-refractivity contribution in [2.75, 3.05) is 23.4 Å². The van der Waals surface area contributed by atoms with Gasteiger partial charge in [-0.3, -0.25) is 19.8 Å². The standard InChI is InChI=1S/C23H19N5O3S2/c1-2-20-26-27-23(33-20)25-19(29)11-28-17-10-15(8-9-18(17)31-12-21(28)30)16-13-32-22(24-16)14-6-4-3-5-7-14/h3-10,13H,2,11-12H2,1H3,(H,25,27,29). The molecule has 0 fully saturated rings. The third-order valence-corrected chi connectivity index (χ3v) is 6.91. The van der Waals surface area contributed by atoms with Crippen LogP contribution >= 0.6 is 22.7 Å². The number of benzene rings is 2. The molecule has 0 bridgehead atoms. The smallest absolute Gasteiger partial charge is 0.265 e. The summed E-state index contributed by atoms with van der Waals surface area (Å²) in [6.45, 7) is 1.71. The fourth-order valence-electron chi connectivity index (χ4n) is 3.40. The predicted molar refractivity (Wildman–Crippen MR) is 129 cm³/mol. The summed E-state index contributed by atoms with van der Waals surface area (Å²) in [6.07, 6.45) is 0.744. The van der Waals surface area contributed by atoms with Crippen LogP contribution in [0.15, 0.2) is 53.9 Å². The molecule has 2 amide bonds. The lowest BCUT2D eigenvalue weighted by atomic mass is 10.1. The number of aryl methyl sites for hydroxylation is 1. The van der Waals surface area contributed by atoms with Gasteiger partial charge in [-0.05, 0) is 24.6 Å². The molecule has 0 radical (unpaired) electrons. The van der Waals surface area contributed by atoms with Crippen molar-refractivity contribution in [3.63, 3.8) is 0 Å². The van der Waals surface area contributed by atoms with Crippen LogP contribution in [0.3, 0.4) is 0 Å². The number of nitrogens with zero attached hydrogens (tertiary/aromatic N) is 4. The molecule has 2 aromatic carbocycles. The van der Waals surface area contributed by atoms with Crippen molar-refractivity contribution in [2.45, 2.75) is 13.3 Å². The molecule has 4 aromatic rings. The molecule has 1 N–H and O–H groups in total. The van der Waals surface area contributed by atoms with Crippen LogP contribution < -0.4 is 15.0 Å². The Bertz CT molecular complexity index is 1320. The van der Waals surface area contributed by atoms with Gasteiger partial charge in [0.05, 0.1) is 11.4 Å². The number of aromatic nitrogens is 3. The van der Waals surface area contributed by atoms with Gasteiger partial charge in [0.15, 0.2) is 6.61 Å². The highest BCUT2D eigenvalue weighted by Gasteiger charge is 2.28. The molecule has 0 spiro atoms. The monoisotopic (exact) mass is 477 g/mol. The number of ether oxygens (including phenoxy) is 1. The predicted octanol–water partition coefficient (Wildman–Crippen LogP) is 4.26. The molecule has 0 atom stereocenters. The lowest BCUT2D eigenvalue weighted by molar-refractivity contribution is -0.123. The van der Waals surface area contributed by atoms with Crippen LogP contribution in [0.4, 0.5) is 10.8 Å². The van der Waals surface area contributed by atoms with E-state index in [1.165, 1.54) is 16.2 Å². The van der Waals surface area contributed by atoms with E-state index in [2.05, 4.69) is 15.5 Å². The highest BCUT2D eigenvalue weighted by Crippen LogP contribution is 2.37. The van der Waals surface area contributed by atoms with Gasteiger partial charge in [-0.15, -0.1) is 21.5 Å². The number of carbonyl (C=O) groups excluding carboxylic acids is 2. The molecule has 3 heterocycles. The van der Waals surface area contributed by atoms with Crippen LogP contribution in [0.1, 0.15) is 11.9 Å². The summed E-state index contributed by atoms with van der Waals surface area (Å²) in [7, 11) is 0. The van der Waals surface area contributed by atoms with E-state index < -0.39 is 0 Å². The number of nitrogens with one attached hydrogen (secondary N) is 1. The number of amides is 2. The van der Waals surface area contributed by atoms with Crippen LogP contribution in [0.25, 0.3) is 21.8 Å². The molecule has 0 saturated carbocycles. The van der Waals surface area contributed by atoms with Gasteiger partial charge >= 0.3 is 0 Å². The molecule has 8 nitrogen and oxygen atoms in total. The second-order valence-electron chi connectivity index (χ2n) is 7.26. The minimum atomic E-state index is -0.347. The van der Waals surface area contributed by atoms with Crippen molar-refractivity contribution in [3.8, 4) is 27.6 Å². The summed E-state index contributed by atoms with van der Waals surface area (Å²) in [4.78, 5) is 31.4. The Hall–Kier alpha value is -3.63. The number of rotatable bonds is 6. The Morgan fingerprint density at radius 2 is 2.00 bits per heavy atom. The molecule has 33 heavy (non-hydrogen) atoms. The van der Waals surface area contributed by atoms with Crippen LogP contribution in [0, 0.1) is 0 Å². The Balaban J connectivity index is 1.39. The topological polar surface area (TPSA) is 97.3 Å². The molecule has 166 valence electrons. The Morgan fingerprint density at radius 1 is 1.15 bits per heavy atom. The molecular formula is C23H19N5O3S2. The summed E-state index contributed by atoms with van der Waals surface area (Å²) >= 11 is 2.87. The second-order valence-corrected chi connectivity index (χ2v) is 9.18. The van der Waals surface area contributed by atoms with Crippen molar-refractivity contribution in [1.82, 2.24) is 15.2 Å². The second kappa shape index (κ2) is 9.08. The Labute approximate surface area is 197 Å². The average Bonchev–Trinajstić information content (AvgIpc) is 3.51. The van der Waals surface area contributed by atoms with Gasteiger partial charge < -0.3 is 4.74 Å². The Kier molecular flexibility index (Phi) is 5.84. The van der Waals surface area contributed by atoms with Crippen LogP contribution in [0.2, 0.25) is 0 Å². The van der Waals surface area contributed by atoms with Crippen molar-refractivity contribution in [1.29, 1.82) is 0 Å².